The molecule has 1 heterocycles. The van der Waals surface area contributed by atoms with Crippen LogP contribution in [-0.2, 0) is 11.2 Å². The molecule has 19 heavy (non-hydrogen) atoms. The standard InChI is InChI=1S/C17H25NO/c1-12(2)18-10-16(11-18)9-17(19)8-15-6-13(3)5-14(4)7-15/h5-7,12,16H,8-11H2,1-4H3. The Hall–Kier alpha value is -1.15. The van der Waals surface area contributed by atoms with Crippen molar-refractivity contribution in [2.75, 3.05) is 13.1 Å². The van der Waals surface area contributed by atoms with E-state index in [1.54, 1.807) is 0 Å². The summed E-state index contributed by atoms with van der Waals surface area (Å²) in [4.78, 5) is 14.5. The minimum atomic E-state index is 0.387. The van der Waals surface area contributed by atoms with Gasteiger partial charge >= 0.3 is 0 Å². The van der Waals surface area contributed by atoms with Crippen molar-refractivity contribution in [1.82, 2.24) is 4.90 Å². The Labute approximate surface area is 116 Å². The van der Waals surface area contributed by atoms with Crippen LogP contribution >= 0.6 is 0 Å². The number of nitrogens with zero attached hydrogens (tertiary/aromatic N) is 1. The van der Waals surface area contributed by atoms with Crippen molar-refractivity contribution >= 4 is 5.78 Å². The molecule has 1 aliphatic heterocycles. The van der Waals surface area contributed by atoms with Gasteiger partial charge in [-0.15, -0.1) is 0 Å². The third-order valence-electron chi connectivity index (χ3n) is 3.91. The summed E-state index contributed by atoms with van der Waals surface area (Å²) in [5, 5.41) is 0. The molecular weight excluding hydrogens is 234 g/mol. The first-order valence-corrected chi connectivity index (χ1v) is 7.27. The first-order valence-electron chi connectivity index (χ1n) is 7.27. The van der Waals surface area contributed by atoms with Gasteiger partial charge in [-0.3, -0.25) is 4.79 Å². The first-order chi connectivity index (χ1) is 8.94. The van der Waals surface area contributed by atoms with E-state index in [9.17, 15) is 4.79 Å². The van der Waals surface area contributed by atoms with Gasteiger partial charge in [0.2, 0.25) is 0 Å². The lowest BCUT2D eigenvalue weighted by molar-refractivity contribution is -0.120. The number of likely N-dealkylation sites (tertiary alicyclic amines) is 1. The van der Waals surface area contributed by atoms with E-state index >= 15 is 0 Å². The minimum absolute atomic E-state index is 0.387. The molecule has 2 rings (SSSR count). The average molecular weight is 259 g/mol. The van der Waals surface area contributed by atoms with Gasteiger partial charge in [-0.05, 0) is 39.2 Å². The fourth-order valence-corrected chi connectivity index (χ4v) is 2.95. The van der Waals surface area contributed by atoms with Crippen LogP contribution in [0, 0.1) is 19.8 Å². The summed E-state index contributed by atoms with van der Waals surface area (Å²) in [5.41, 5.74) is 3.66. The number of carbonyl (C=O) groups is 1. The van der Waals surface area contributed by atoms with Crippen LogP contribution in [0.15, 0.2) is 18.2 Å². The van der Waals surface area contributed by atoms with Crippen molar-refractivity contribution in [3.63, 3.8) is 0 Å². The van der Waals surface area contributed by atoms with Crippen molar-refractivity contribution < 1.29 is 4.79 Å². The van der Waals surface area contributed by atoms with Gasteiger partial charge in [-0.1, -0.05) is 29.3 Å². The zero-order chi connectivity index (χ0) is 14.0. The van der Waals surface area contributed by atoms with E-state index < -0.39 is 0 Å². The highest BCUT2D eigenvalue weighted by Crippen LogP contribution is 2.22. The van der Waals surface area contributed by atoms with Crippen LogP contribution in [-0.4, -0.2) is 29.8 Å². The van der Waals surface area contributed by atoms with E-state index in [-0.39, 0.29) is 0 Å². The number of ketones is 1. The number of benzene rings is 1. The molecule has 104 valence electrons. The van der Waals surface area contributed by atoms with Crippen molar-refractivity contribution in [3.05, 3.63) is 34.9 Å². The van der Waals surface area contributed by atoms with Gasteiger partial charge in [0, 0.05) is 32.0 Å². The van der Waals surface area contributed by atoms with Crippen LogP contribution in [0.1, 0.15) is 37.0 Å². The highest BCUT2D eigenvalue weighted by Gasteiger charge is 2.29. The lowest BCUT2D eigenvalue weighted by Gasteiger charge is -2.41. The number of aryl methyl sites for hydroxylation is 2. The van der Waals surface area contributed by atoms with E-state index in [1.807, 2.05) is 0 Å². The summed E-state index contributed by atoms with van der Waals surface area (Å²) < 4.78 is 0. The Morgan fingerprint density at radius 1 is 1.21 bits per heavy atom. The fraction of sp³-hybridized carbons (Fsp3) is 0.588. The number of carbonyl (C=O) groups excluding carboxylic acids is 1. The molecule has 0 bridgehead atoms. The van der Waals surface area contributed by atoms with Crippen molar-refractivity contribution in [1.29, 1.82) is 0 Å². The molecule has 0 spiro atoms. The molecule has 0 unspecified atom stereocenters. The van der Waals surface area contributed by atoms with Gasteiger partial charge in [-0.2, -0.15) is 0 Å². The molecule has 1 saturated heterocycles. The predicted octanol–water partition coefficient (Wildman–Crippen LogP) is 3.15. The number of Topliss-reactive ketones (excluding diaryl/α,β-unsaturated/α-hetero) is 1. The highest BCUT2D eigenvalue weighted by atomic mass is 16.1. The van der Waals surface area contributed by atoms with Gasteiger partial charge in [-0.25, -0.2) is 0 Å². The van der Waals surface area contributed by atoms with Crippen LogP contribution in [0.3, 0.4) is 0 Å². The van der Waals surface area contributed by atoms with Crippen LogP contribution in [0.4, 0.5) is 0 Å². The maximum absolute atomic E-state index is 12.1. The lowest BCUT2D eigenvalue weighted by atomic mass is 9.90. The molecule has 0 radical (unpaired) electrons. The topological polar surface area (TPSA) is 20.3 Å². The number of hydrogen-bond acceptors (Lipinski definition) is 2. The Bertz CT molecular complexity index is 438. The van der Waals surface area contributed by atoms with Gasteiger partial charge in [0.15, 0.2) is 0 Å². The van der Waals surface area contributed by atoms with Gasteiger partial charge in [0.25, 0.3) is 0 Å². The van der Waals surface area contributed by atoms with Gasteiger partial charge < -0.3 is 4.90 Å². The lowest BCUT2D eigenvalue weighted by Crippen LogP contribution is -2.50. The molecule has 1 aliphatic rings. The third kappa shape index (κ3) is 3.90. The summed E-state index contributed by atoms with van der Waals surface area (Å²) in [6.07, 6.45) is 1.34. The third-order valence-corrected chi connectivity index (χ3v) is 3.91. The first kappa shape index (κ1) is 14.3. The van der Waals surface area contributed by atoms with Crippen molar-refractivity contribution in [2.45, 2.75) is 46.6 Å². The van der Waals surface area contributed by atoms with Crippen LogP contribution in [0.5, 0.6) is 0 Å². The van der Waals surface area contributed by atoms with E-state index in [4.69, 9.17) is 0 Å². The quantitative estimate of drug-likeness (QED) is 0.809. The molecule has 1 aromatic carbocycles. The van der Waals surface area contributed by atoms with E-state index in [1.165, 1.54) is 16.7 Å². The molecule has 0 saturated carbocycles. The molecule has 1 aromatic rings. The average Bonchev–Trinajstić information content (AvgIpc) is 2.20. The number of rotatable bonds is 5. The number of hydrogen-bond donors (Lipinski definition) is 0. The van der Waals surface area contributed by atoms with Gasteiger partial charge in [0.1, 0.15) is 5.78 Å². The molecular formula is C17H25NO. The zero-order valence-electron chi connectivity index (χ0n) is 12.6. The summed E-state index contributed by atoms with van der Waals surface area (Å²) in [6.45, 7) is 10.8. The summed E-state index contributed by atoms with van der Waals surface area (Å²) in [7, 11) is 0. The second kappa shape index (κ2) is 5.87. The molecule has 1 fully saturated rings. The molecule has 0 amide bonds. The minimum Gasteiger partial charge on any atom is -0.300 e. The maximum Gasteiger partial charge on any atom is 0.137 e. The van der Waals surface area contributed by atoms with E-state index in [0.717, 1.165) is 19.5 Å². The second-order valence-corrected chi connectivity index (χ2v) is 6.33. The molecule has 0 atom stereocenters. The Balaban J connectivity index is 1.82. The summed E-state index contributed by atoms with van der Waals surface area (Å²) >= 11 is 0. The zero-order valence-corrected chi connectivity index (χ0v) is 12.6. The second-order valence-electron chi connectivity index (χ2n) is 6.33. The molecule has 2 heteroatoms. The summed E-state index contributed by atoms with van der Waals surface area (Å²) in [5.74, 6) is 0.971. The smallest absolute Gasteiger partial charge is 0.137 e. The SMILES string of the molecule is Cc1cc(C)cc(CC(=O)CC2CN(C(C)C)C2)c1. The monoisotopic (exact) mass is 259 g/mol. The van der Waals surface area contributed by atoms with Crippen LogP contribution in [0.2, 0.25) is 0 Å². The molecule has 0 aliphatic carbocycles. The maximum atomic E-state index is 12.1. The Morgan fingerprint density at radius 3 is 2.32 bits per heavy atom. The fourth-order valence-electron chi connectivity index (χ4n) is 2.95. The molecule has 0 N–H and O–H groups in total. The molecule has 0 aromatic heterocycles. The Morgan fingerprint density at radius 2 is 1.79 bits per heavy atom. The normalized spacial score (nSPS) is 16.7. The predicted molar refractivity (Wildman–Crippen MR) is 79.4 cm³/mol. The van der Waals surface area contributed by atoms with E-state index in [0.29, 0.717) is 24.2 Å². The highest BCUT2D eigenvalue weighted by molar-refractivity contribution is 5.81. The van der Waals surface area contributed by atoms with Gasteiger partial charge in [0.05, 0.1) is 0 Å². The largest absolute Gasteiger partial charge is 0.300 e. The summed E-state index contributed by atoms with van der Waals surface area (Å²) in [6, 6.07) is 7.03. The van der Waals surface area contributed by atoms with Crippen molar-refractivity contribution in [3.8, 4) is 0 Å². The Kier molecular flexibility index (Phi) is 4.41. The van der Waals surface area contributed by atoms with Crippen LogP contribution in [0.25, 0.3) is 0 Å². The van der Waals surface area contributed by atoms with Crippen molar-refractivity contribution in [2.24, 2.45) is 5.92 Å². The molecule has 2 nitrogen and oxygen atoms in total. The van der Waals surface area contributed by atoms with E-state index in [2.05, 4.69) is 50.8 Å². The van der Waals surface area contributed by atoms with Crippen LogP contribution < -0.4 is 0 Å².